The quantitative estimate of drug-likeness (QED) is 0.0855. The number of amides is 4. The van der Waals surface area contributed by atoms with Crippen molar-refractivity contribution in [2.24, 2.45) is 29.2 Å². The summed E-state index contributed by atoms with van der Waals surface area (Å²) in [7, 11) is 0. The SMILES string of the molecule is CCC(=O)CNC(=O)[C@@H](CC(=O)[C@@H](NC(=O)[C@@H](CC(=O)[C@H](CCC(N)=O)NC(=O)[C@H](C)N)C(C)O)C(C)C)C(C)O.[H+]. The molecule has 14 nitrogen and oxygen atoms in total. The number of aliphatic hydroxyl groups excluding tert-OH is 2. The number of Topliss-reactive ketones (excluding diaryl/α,β-unsaturated/α-hetero) is 3. The molecule has 0 aromatic carbocycles. The Morgan fingerprint density at radius 1 is 0.780 bits per heavy atom. The monoisotopic (exact) mass is 586 g/mol. The number of hydrogen-bond acceptors (Lipinski definition) is 10. The lowest BCUT2D eigenvalue weighted by molar-refractivity contribution is -0.138. The van der Waals surface area contributed by atoms with E-state index in [9.17, 15) is 43.8 Å². The van der Waals surface area contributed by atoms with Crippen LogP contribution in [-0.4, -0.2) is 88.1 Å². The second kappa shape index (κ2) is 18.3. The molecule has 0 aromatic heterocycles. The fraction of sp³-hybridized carbons (Fsp3) is 0.741. The summed E-state index contributed by atoms with van der Waals surface area (Å²) in [6.07, 6.45) is -3.70. The van der Waals surface area contributed by atoms with E-state index in [1.165, 1.54) is 20.8 Å². The zero-order chi connectivity index (χ0) is 32.0. The minimum atomic E-state index is -1.34. The van der Waals surface area contributed by atoms with Crippen LogP contribution in [0.15, 0.2) is 0 Å². The molecule has 0 heterocycles. The minimum absolute atomic E-state index is 0. The molecule has 41 heavy (non-hydrogen) atoms. The van der Waals surface area contributed by atoms with Crippen molar-refractivity contribution in [1.82, 2.24) is 16.0 Å². The lowest BCUT2D eigenvalue weighted by Crippen LogP contribution is -2.52. The standard InChI is InChI=1S/C27H47N5O9/c1-7-17(35)12-30-26(40)18(15(5)33)11-22(37)24(13(2)3)32-27(41)19(16(6)34)10-21(36)20(8-9-23(29)38)31-25(39)14(4)28/h13-16,18-20,24,33-34H,7-12,28H2,1-6H3,(H2,29,38)(H,30,40)(H,31,39)(H,32,41)/p+1/t14-,15?,16?,18-,19-,20-,24-/m0/s1. The number of carbonyl (C=O) groups is 7. The van der Waals surface area contributed by atoms with Gasteiger partial charge in [-0.3, -0.25) is 33.6 Å². The van der Waals surface area contributed by atoms with E-state index < -0.39 is 96.1 Å². The maximum absolute atomic E-state index is 13.2. The zero-order valence-corrected chi connectivity index (χ0v) is 24.8. The summed E-state index contributed by atoms with van der Waals surface area (Å²) in [5.74, 6) is -7.30. The van der Waals surface area contributed by atoms with Gasteiger partial charge in [0.15, 0.2) is 17.3 Å². The van der Waals surface area contributed by atoms with E-state index in [4.69, 9.17) is 11.5 Å². The molecule has 2 unspecified atom stereocenters. The summed E-state index contributed by atoms with van der Waals surface area (Å²) in [5.41, 5.74) is 10.7. The highest BCUT2D eigenvalue weighted by molar-refractivity contribution is 5.96. The summed E-state index contributed by atoms with van der Waals surface area (Å²) < 4.78 is 0. The summed E-state index contributed by atoms with van der Waals surface area (Å²) in [5, 5.41) is 27.8. The molecule has 0 aliphatic heterocycles. The predicted octanol–water partition coefficient (Wildman–Crippen LogP) is -1.66. The maximum Gasteiger partial charge on any atom is 1.00 e. The van der Waals surface area contributed by atoms with E-state index >= 15 is 0 Å². The van der Waals surface area contributed by atoms with Gasteiger partial charge in [-0.05, 0) is 33.1 Å². The Balaban J connectivity index is 0. The highest BCUT2D eigenvalue weighted by atomic mass is 16.3. The third-order valence-corrected chi connectivity index (χ3v) is 6.64. The molecule has 0 bridgehead atoms. The molecule has 7 atom stereocenters. The molecule has 0 fully saturated rings. The van der Waals surface area contributed by atoms with Gasteiger partial charge < -0.3 is 37.6 Å². The van der Waals surface area contributed by atoms with Crippen LogP contribution in [0.5, 0.6) is 0 Å². The van der Waals surface area contributed by atoms with Crippen molar-refractivity contribution >= 4 is 41.0 Å². The molecule has 9 N–H and O–H groups in total. The average Bonchev–Trinajstić information content (AvgIpc) is 2.87. The molecular weight excluding hydrogens is 538 g/mol. The zero-order valence-electron chi connectivity index (χ0n) is 25.8. The highest BCUT2D eigenvalue weighted by Crippen LogP contribution is 2.18. The Morgan fingerprint density at radius 3 is 1.73 bits per heavy atom. The normalized spacial score (nSPS) is 16.3. The lowest BCUT2D eigenvalue weighted by Gasteiger charge is -2.28. The van der Waals surface area contributed by atoms with E-state index in [1.54, 1.807) is 20.8 Å². The third kappa shape index (κ3) is 13.8. The molecular formula is C27H48N5O9+. The molecule has 0 aliphatic rings. The number of aliphatic hydroxyl groups is 2. The third-order valence-electron chi connectivity index (χ3n) is 6.64. The fourth-order valence-corrected chi connectivity index (χ4v) is 3.89. The summed E-state index contributed by atoms with van der Waals surface area (Å²) in [6, 6.07) is -3.27. The molecule has 0 spiro atoms. The van der Waals surface area contributed by atoms with Gasteiger partial charge in [-0.25, -0.2) is 0 Å². The molecule has 0 aliphatic carbocycles. The van der Waals surface area contributed by atoms with Gasteiger partial charge in [-0.1, -0.05) is 20.8 Å². The predicted molar refractivity (Wildman–Crippen MR) is 150 cm³/mol. The average molecular weight is 587 g/mol. The topological polar surface area (TPSA) is 248 Å². The second-order valence-electron chi connectivity index (χ2n) is 10.7. The van der Waals surface area contributed by atoms with Crippen LogP contribution in [0.4, 0.5) is 0 Å². The first-order valence-corrected chi connectivity index (χ1v) is 13.8. The molecule has 234 valence electrons. The number of primary amides is 1. The van der Waals surface area contributed by atoms with Crippen molar-refractivity contribution < 1.29 is 45.2 Å². The van der Waals surface area contributed by atoms with Crippen LogP contribution in [0, 0.1) is 17.8 Å². The summed E-state index contributed by atoms with van der Waals surface area (Å²) in [4.78, 5) is 86.9. The summed E-state index contributed by atoms with van der Waals surface area (Å²) in [6.45, 7) is 8.69. The molecule has 0 saturated heterocycles. The van der Waals surface area contributed by atoms with Gasteiger partial charge >= 0.3 is 1.43 Å². The first-order chi connectivity index (χ1) is 18.9. The van der Waals surface area contributed by atoms with Gasteiger partial charge in [0.2, 0.25) is 23.6 Å². The number of nitrogens with one attached hydrogen (secondary N) is 3. The van der Waals surface area contributed by atoms with Gasteiger partial charge in [0.25, 0.3) is 0 Å². The van der Waals surface area contributed by atoms with E-state index in [0.29, 0.717) is 0 Å². The van der Waals surface area contributed by atoms with Gasteiger partial charge in [0.1, 0.15) is 0 Å². The number of rotatable bonds is 20. The van der Waals surface area contributed by atoms with Crippen molar-refractivity contribution in [2.75, 3.05) is 6.54 Å². The number of hydrogen-bond donors (Lipinski definition) is 7. The van der Waals surface area contributed by atoms with Gasteiger partial charge in [0.05, 0.1) is 48.7 Å². The molecule has 4 amide bonds. The van der Waals surface area contributed by atoms with E-state index in [-0.39, 0.29) is 33.0 Å². The van der Waals surface area contributed by atoms with Crippen LogP contribution in [0.1, 0.15) is 75.1 Å². The van der Waals surface area contributed by atoms with Gasteiger partial charge in [-0.15, -0.1) is 0 Å². The van der Waals surface area contributed by atoms with Crippen molar-refractivity contribution in [3.8, 4) is 0 Å². The Morgan fingerprint density at radius 2 is 1.29 bits per heavy atom. The Labute approximate surface area is 242 Å². The van der Waals surface area contributed by atoms with Gasteiger partial charge in [-0.2, -0.15) is 0 Å². The van der Waals surface area contributed by atoms with Crippen LogP contribution in [0.25, 0.3) is 0 Å². The van der Waals surface area contributed by atoms with E-state index in [0.717, 1.165) is 0 Å². The highest BCUT2D eigenvalue weighted by Gasteiger charge is 2.36. The van der Waals surface area contributed by atoms with Gasteiger partial charge in [0, 0.05) is 25.7 Å². The molecule has 14 heteroatoms. The number of carbonyl (C=O) groups excluding carboxylic acids is 7. The van der Waals surface area contributed by atoms with Crippen LogP contribution >= 0.6 is 0 Å². The maximum atomic E-state index is 13.2. The fourth-order valence-electron chi connectivity index (χ4n) is 3.89. The Kier molecular flexibility index (Phi) is 16.8. The molecule has 0 aromatic rings. The Bertz CT molecular complexity index is 956. The first kappa shape index (κ1) is 37.8. The molecule has 0 rings (SSSR count). The largest absolute Gasteiger partial charge is 1.00 e. The van der Waals surface area contributed by atoms with E-state index in [2.05, 4.69) is 16.0 Å². The minimum Gasteiger partial charge on any atom is -0.393 e. The van der Waals surface area contributed by atoms with Crippen molar-refractivity contribution in [3.05, 3.63) is 0 Å². The first-order valence-electron chi connectivity index (χ1n) is 13.8. The Hall–Kier alpha value is -3.23. The van der Waals surface area contributed by atoms with Crippen molar-refractivity contribution in [3.63, 3.8) is 0 Å². The van der Waals surface area contributed by atoms with Crippen molar-refractivity contribution in [2.45, 2.75) is 104 Å². The molecule has 0 saturated carbocycles. The van der Waals surface area contributed by atoms with Crippen molar-refractivity contribution in [1.29, 1.82) is 0 Å². The van der Waals surface area contributed by atoms with Crippen LogP contribution in [0.2, 0.25) is 0 Å². The number of nitrogens with two attached hydrogens (primary N) is 2. The van der Waals surface area contributed by atoms with Crippen LogP contribution < -0.4 is 27.4 Å². The van der Waals surface area contributed by atoms with Crippen LogP contribution in [-0.2, 0) is 33.6 Å². The second-order valence-corrected chi connectivity index (χ2v) is 10.7. The summed E-state index contributed by atoms with van der Waals surface area (Å²) >= 11 is 0. The molecule has 0 radical (unpaired) electrons. The van der Waals surface area contributed by atoms with Crippen LogP contribution in [0.3, 0.4) is 0 Å². The number of ketones is 3. The lowest BCUT2D eigenvalue weighted by atomic mass is 9.87. The van der Waals surface area contributed by atoms with E-state index in [1.807, 2.05) is 0 Å². The smallest absolute Gasteiger partial charge is 0.393 e.